The molecule has 1 aromatic rings. The van der Waals surface area contributed by atoms with E-state index in [2.05, 4.69) is 5.32 Å². The van der Waals surface area contributed by atoms with Crippen molar-refractivity contribution in [1.29, 1.82) is 0 Å². The average molecular weight is 327 g/mol. The summed E-state index contributed by atoms with van der Waals surface area (Å²) < 4.78 is 22.4. The van der Waals surface area contributed by atoms with Crippen LogP contribution in [-0.2, 0) is 20.4 Å². The molecule has 1 unspecified atom stereocenters. The second-order valence-electron chi connectivity index (χ2n) is 5.76. The Bertz CT molecular complexity index is 634. The first-order valence-corrected chi connectivity index (χ1v) is 8.95. The lowest BCUT2D eigenvalue weighted by Gasteiger charge is -2.16. The molecule has 0 aliphatic carbocycles. The molecule has 6 nitrogen and oxygen atoms in total. The number of sulfone groups is 1. The van der Waals surface area contributed by atoms with Gasteiger partial charge in [-0.2, -0.15) is 0 Å². The fourth-order valence-corrected chi connectivity index (χ4v) is 2.79. The fourth-order valence-electron chi connectivity index (χ4n) is 1.99. The third-order valence-corrected chi connectivity index (χ3v) is 3.81. The highest BCUT2D eigenvalue weighted by Gasteiger charge is 2.21. The maximum absolute atomic E-state index is 12.0. The molecule has 0 aromatic heterocycles. The number of hydrogen-bond donors (Lipinski definition) is 2. The van der Waals surface area contributed by atoms with Gasteiger partial charge in [-0.25, -0.2) is 13.2 Å². The lowest BCUT2D eigenvalue weighted by molar-refractivity contribution is -0.139. The van der Waals surface area contributed by atoms with Gasteiger partial charge in [-0.1, -0.05) is 26.0 Å². The summed E-state index contributed by atoms with van der Waals surface area (Å²) in [4.78, 5) is 23.2. The molecule has 0 radical (unpaired) electrons. The zero-order chi connectivity index (χ0) is 16.9. The Morgan fingerprint density at radius 2 is 1.73 bits per heavy atom. The van der Waals surface area contributed by atoms with Crippen LogP contribution in [-0.4, -0.2) is 37.7 Å². The molecule has 7 heteroatoms. The smallest absolute Gasteiger partial charge is 0.326 e. The van der Waals surface area contributed by atoms with Gasteiger partial charge in [0.05, 0.1) is 5.75 Å². The van der Waals surface area contributed by atoms with Crippen LogP contribution < -0.4 is 5.32 Å². The van der Waals surface area contributed by atoms with Gasteiger partial charge in [-0.15, -0.1) is 0 Å². The van der Waals surface area contributed by atoms with Crippen LogP contribution in [0.3, 0.4) is 0 Å². The Hall–Kier alpha value is -1.89. The lowest BCUT2D eigenvalue weighted by atomic mass is 10.0. The summed E-state index contributed by atoms with van der Waals surface area (Å²) in [5, 5.41) is 11.6. The maximum atomic E-state index is 12.0. The molecule has 0 saturated heterocycles. The van der Waals surface area contributed by atoms with Crippen molar-refractivity contribution in [2.24, 2.45) is 5.92 Å². The monoisotopic (exact) mass is 327 g/mol. The molecule has 0 saturated carbocycles. The molecule has 0 spiro atoms. The van der Waals surface area contributed by atoms with Crippen molar-refractivity contribution in [2.75, 3.05) is 6.26 Å². The third kappa shape index (κ3) is 6.26. The summed E-state index contributed by atoms with van der Waals surface area (Å²) >= 11 is 0. The summed E-state index contributed by atoms with van der Waals surface area (Å²) in [6.07, 6.45) is 1.48. The first-order valence-electron chi connectivity index (χ1n) is 6.89. The Morgan fingerprint density at radius 3 is 2.14 bits per heavy atom. The summed E-state index contributed by atoms with van der Waals surface area (Å²) in [5.41, 5.74) is 0.878. The molecule has 0 aliphatic rings. The number of benzene rings is 1. The van der Waals surface area contributed by atoms with Crippen LogP contribution >= 0.6 is 0 Å². The van der Waals surface area contributed by atoms with Crippen LogP contribution in [0.5, 0.6) is 0 Å². The Labute approximate surface area is 130 Å². The Balaban J connectivity index is 2.78. The van der Waals surface area contributed by atoms with Gasteiger partial charge in [0, 0.05) is 11.8 Å². The van der Waals surface area contributed by atoms with Gasteiger partial charge in [0.1, 0.15) is 6.04 Å². The molecule has 22 heavy (non-hydrogen) atoms. The van der Waals surface area contributed by atoms with Crippen LogP contribution in [0.15, 0.2) is 24.3 Å². The minimum absolute atomic E-state index is 0.0972. The third-order valence-electron chi connectivity index (χ3n) is 2.96. The first kappa shape index (κ1) is 18.2. The molecule has 0 aliphatic heterocycles. The SMILES string of the molecule is CC(C)CC(NC(=O)c1ccc(CS(C)(=O)=O)cc1)C(=O)O. The largest absolute Gasteiger partial charge is 0.480 e. The maximum Gasteiger partial charge on any atom is 0.326 e. The summed E-state index contributed by atoms with van der Waals surface area (Å²) in [6, 6.07) is 5.14. The lowest BCUT2D eigenvalue weighted by Crippen LogP contribution is -2.41. The zero-order valence-electron chi connectivity index (χ0n) is 12.9. The molecule has 1 atom stereocenters. The van der Waals surface area contributed by atoms with Crippen LogP contribution in [0.25, 0.3) is 0 Å². The van der Waals surface area contributed by atoms with Gasteiger partial charge in [0.2, 0.25) is 0 Å². The van der Waals surface area contributed by atoms with E-state index >= 15 is 0 Å². The molecule has 2 N–H and O–H groups in total. The number of carbonyl (C=O) groups excluding carboxylic acids is 1. The number of carboxylic acid groups (broad SMARTS) is 1. The number of rotatable bonds is 7. The predicted octanol–water partition coefficient (Wildman–Crippen LogP) is 1.46. The Morgan fingerprint density at radius 1 is 1.18 bits per heavy atom. The number of aliphatic carboxylic acids is 1. The normalized spacial score (nSPS) is 12.9. The van der Waals surface area contributed by atoms with Gasteiger partial charge < -0.3 is 10.4 Å². The molecule has 1 aromatic carbocycles. The minimum Gasteiger partial charge on any atom is -0.480 e. The molecular formula is C15H21NO5S. The highest BCUT2D eigenvalue weighted by atomic mass is 32.2. The van der Waals surface area contributed by atoms with Crippen molar-refractivity contribution in [2.45, 2.75) is 32.1 Å². The zero-order valence-corrected chi connectivity index (χ0v) is 13.7. The van der Waals surface area contributed by atoms with E-state index in [1.54, 1.807) is 12.1 Å². The summed E-state index contributed by atoms with van der Waals surface area (Å²) in [6.45, 7) is 3.75. The number of carboxylic acids is 1. The van der Waals surface area contributed by atoms with Gasteiger partial charge in [-0.3, -0.25) is 4.79 Å². The van der Waals surface area contributed by atoms with E-state index in [1.165, 1.54) is 12.1 Å². The average Bonchev–Trinajstić information content (AvgIpc) is 2.36. The van der Waals surface area contributed by atoms with E-state index < -0.39 is 27.8 Å². The minimum atomic E-state index is -3.13. The standard InChI is InChI=1S/C15H21NO5S/c1-10(2)8-13(15(18)19)16-14(17)12-6-4-11(5-7-12)9-22(3,20)21/h4-7,10,13H,8-9H2,1-3H3,(H,16,17)(H,18,19). The van der Waals surface area contributed by atoms with E-state index in [1.807, 2.05) is 13.8 Å². The van der Waals surface area contributed by atoms with Crippen molar-refractivity contribution >= 4 is 21.7 Å². The van der Waals surface area contributed by atoms with E-state index in [-0.39, 0.29) is 11.7 Å². The van der Waals surface area contributed by atoms with Crippen LogP contribution in [0.2, 0.25) is 0 Å². The topological polar surface area (TPSA) is 101 Å². The van der Waals surface area contributed by atoms with Gasteiger partial charge in [0.25, 0.3) is 5.91 Å². The van der Waals surface area contributed by atoms with Crippen molar-refractivity contribution in [3.63, 3.8) is 0 Å². The summed E-state index contributed by atoms with van der Waals surface area (Å²) in [5.74, 6) is -1.52. The highest BCUT2D eigenvalue weighted by Crippen LogP contribution is 2.10. The van der Waals surface area contributed by atoms with Crippen molar-refractivity contribution < 1.29 is 23.1 Å². The van der Waals surface area contributed by atoms with Crippen molar-refractivity contribution in [3.05, 3.63) is 35.4 Å². The number of amides is 1. The van der Waals surface area contributed by atoms with Crippen molar-refractivity contribution in [3.8, 4) is 0 Å². The number of carbonyl (C=O) groups is 2. The van der Waals surface area contributed by atoms with E-state index in [4.69, 9.17) is 5.11 Å². The predicted molar refractivity (Wildman–Crippen MR) is 83.3 cm³/mol. The van der Waals surface area contributed by atoms with Gasteiger partial charge in [0.15, 0.2) is 9.84 Å². The van der Waals surface area contributed by atoms with Crippen LogP contribution in [0.4, 0.5) is 0 Å². The van der Waals surface area contributed by atoms with Crippen LogP contribution in [0.1, 0.15) is 36.2 Å². The summed E-state index contributed by atoms with van der Waals surface area (Å²) in [7, 11) is -3.13. The Kier molecular flexibility index (Phi) is 6.11. The first-order chi connectivity index (χ1) is 10.1. The van der Waals surface area contributed by atoms with Crippen molar-refractivity contribution in [1.82, 2.24) is 5.32 Å². The molecule has 0 bridgehead atoms. The highest BCUT2D eigenvalue weighted by molar-refractivity contribution is 7.89. The quantitative estimate of drug-likeness (QED) is 0.789. The number of nitrogens with one attached hydrogen (secondary N) is 1. The second kappa shape index (κ2) is 7.40. The second-order valence-corrected chi connectivity index (χ2v) is 7.90. The molecule has 1 amide bonds. The fraction of sp³-hybridized carbons (Fsp3) is 0.467. The van der Waals surface area contributed by atoms with E-state index in [0.717, 1.165) is 6.26 Å². The van der Waals surface area contributed by atoms with Gasteiger partial charge in [-0.05, 0) is 30.0 Å². The molecule has 0 fully saturated rings. The molecule has 122 valence electrons. The van der Waals surface area contributed by atoms with E-state index in [9.17, 15) is 18.0 Å². The van der Waals surface area contributed by atoms with E-state index in [0.29, 0.717) is 17.5 Å². The number of hydrogen-bond acceptors (Lipinski definition) is 4. The van der Waals surface area contributed by atoms with Gasteiger partial charge >= 0.3 is 5.97 Å². The molecular weight excluding hydrogens is 306 g/mol. The van der Waals surface area contributed by atoms with Crippen LogP contribution in [0, 0.1) is 5.92 Å². The molecule has 0 heterocycles. The molecule has 1 rings (SSSR count).